The lowest BCUT2D eigenvalue weighted by molar-refractivity contribution is 0.591. The molecule has 1 saturated heterocycles. The molecule has 0 aromatic carbocycles. The van der Waals surface area contributed by atoms with E-state index in [1.165, 1.54) is 12.8 Å². The van der Waals surface area contributed by atoms with Gasteiger partial charge in [0.1, 0.15) is 5.82 Å². The molecule has 1 aliphatic heterocycles. The van der Waals surface area contributed by atoms with Crippen molar-refractivity contribution in [3.8, 4) is 0 Å². The van der Waals surface area contributed by atoms with Crippen LogP contribution in [0.5, 0.6) is 0 Å². The predicted octanol–water partition coefficient (Wildman–Crippen LogP) is 3.21. The van der Waals surface area contributed by atoms with E-state index in [9.17, 15) is 0 Å². The van der Waals surface area contributed by atoms with E-state index in [2.05, 4.69) is 47.8 Å². The number of alkyl halides is 1. The standard InChI is InChI=1S/C10H12Br2N2/c11-8-3-4-10(13-6-8)14-5-1-2-9(12)7-14/h3-4,6,9H,1-2,5,7H2. The maximum absolute atomic E-state index is 4.39. The monoisotopic (exact) mass is 318 g/mol. The summed E-state index contributed by atoms with van der Waals surface area (Å²) in [5.41, 5.74) is 0. The molecule has 76 valence electrons. The highest BCUT2D eigenvalue weighted by atomic mass is 79.9. The topological polar surface area (TPSA) is 16.1 Å². The summed E-state index contributed by atoms with van der Waals surface area (Å²) in [5.74, 6) is 1.08. The van der Waals surface area contributed by atoms with E-state index < -0.39 is 0 Å². The summed E-state index contributed by atoms with van der Waals surface area (Å²) in [6.45, 7) is 2.19. The number of nitrogens with zero attached hydrogens (tertiary/aromatic N) is 2. The van der Waals surface area contributed by atoms with Gasteiger partial charge in [0.2, 0.25) is 0 Å². The van der Waals surface area contributed by atoms with Crippen LogP contribution in [0, 0.1) is 0 Å². The van der Waals surface area contributed by atoms with E-state index in [-0.39, 0.29) is 0 Å². The highest BCUT2D eigenvalue weighted by Crippen LogP contribution is 2.22. The first-order chi connectivity index (χ1) is 6.75. The minimum Gasteiger partial charge on any atom is -0.356 e. The molecule has 1 aromatic rings. The molecule has 2 nitrogen and oxygen atoms in total. The summed E-state index contributed by atoms with van der Waals surface area (Å²) >= 11 is 7.05. The van der Waals surface area contributed by atoms with E-state index in [0.29, 0.717) is 4.83 Å². The maximum atomic E-state index is 4.39. The molecule has 0 bridgehead atoms. The van der Waals surface area contributed by atoms with Crippen molar-refractivity contribution < 1.29 is 0 Å². The molecular formula is C10H12Br2N2. The molecule has 1 aromatic heterocycles. The van der Waals surface area contributed by atoms with Crippen LogP contribution in [0.1, 0.15) is 12.8 Å². The Morgan fingerprint density at radius 2 is 2.29 bits per heavy atom. The Labute approximate surface area is 101 Å². The molecule has 0 radical (unpaired) electrons. The minimum atomic E-state index is 0.613. The van der Waals surface area contributed by atoms with Crippen LogP contribution in [0.2, 0.25) is 0 Å². The Morgan fingerprint density at radius 1 is 1.43 bits per heavy atom. The van der Waals surface area contributed by atoms with Gasteiger partial charge in [0, 0.05) is 28.6 Å². The highest BCUT2D eigenvalue weighted by molar-refractivity contribution is 9.10. The molecule has 2 heterocycles. The number of aromatic nitrogens is 1. The molecule has 0 amide bonds. The van der Waals surface area contributed by atoms with Gasteiger partial charge in [-0.1, -0.05) is 15.9 Å². The van der Waals surface area contributed by atoms with Crippen LogP contribution in [0.15, 0.2) is 22.8 Å². The predicted molar refractivity (Wildman–Crippen MR) is 66.1 cm³/mol. The molecule has 4 heteroatoms. The summed E-state index contributed by atoms with van der Waals surface area (Å²) in [6, 6.07) is 4.11. The molecule has 1 unspecified atom stereocenters. The van der Waals surface area contributed by atoms with Crippen molar-refractivity contribution in [2.24, 2.45) is 0 Å². The van der Waals surface area contributed by atoms with Crippen LogP contribution < -0.4 is 4.90 Å². The molecule has 1 fully saturated rings. The van der Waals surface area contributed by atoms with E-state index in [4.69, 9.17) is 0 Å². The minimum absolute atomic E-state index is 0.613. The lowest BCUT2D eigenvalue weighted by Gasteiger charge is -2.30. The maximum Gasteiger partial charge on any atom is 0.128 e. The zero-order chi connectivity index (χ0) is 9.97. The average Bonchev–Trinajstić information content (AvgIpc) is 2.19. The Hall–Kier alpha value is -0.0900. The fourth-order valence-corrected chi connectivity index (χ4v) is 2.60. The summed E-state index contributed by atoms with van der Waals surface area (Å²) in [6.07, 6.45) is 4.37. The van der Waals surface area contributed by atoms with Crippen molar-refractivity contribution >= 4 is 37.7 Å². The normalized spacial score (nSPS) is 22.4. The summed E-state index contributed by atoms with van der Waals surface area (Å²) < 4.78 is 1.04. The number of halogens is 2. The van der Waals surface area contributed by atoms with Crippen LogP contribution in [-0.2, 0) is 0 Å². The second-order valence-electron chi connectivity index (χ2n) is 3.52. The van der Waals surface area contributed by atoms with Crippen molar-refractivity contribution in [3.05, 3.63) is 22.8 Å². The Kier molecular flexibility index (Phi) is 3.44. The van der Waals surface area contributed by atoms with Crippen LogP contribution in [0.25, 0.3) is 0 Å². The molecule has 14 heavy (non-hydrogen) atoms. The first-order valence-corrected chi connectivity index (χ1v) is 6.47. The third kappa shape index (κ3) is 2.48. The second kappa shape index (κ2) is 4.62. The quantitative estimate of drug-likeness (QED) is 0.739. The summed E-state index contributed by atoms with van der Waals surface area (Å²) in [4.78, 5) is 7.34. The van der Waals surface area contributed by atoms with Gasteiger partial charge >= 0.3 is 0 Å². The lowest BCUT2D eigenvalue weighted by Crippen LogP contribution is -2.36. The molecule has 0 N–H and O–H groups in total. The van der Waals surface area contributed by atoms with Gasteiger partial charge in [-0.25, -0.2) is 4.98 Å². The Morgan fingerprint density at radius 3 is 2.93 bits per heavy atom. The Bertz CT molecular complexity index is 299. The lowest BCUT2D eigenvalue weighted by atomic mass is 10.1. The third-order valence-electron chi connectivity index (χ3n) is 2.40. The summed E-state index contributed by atoms with van der Waals surface area (Å²) in [7, 11) is 0. The van der Waals surface area contributed by atoms with Crippen LogP contribution >= 0.6 is 31.9 Å². The average molecular weight is 320 g/mol. The van der Waals surface area contributed by atoms with Crippen molar-refractivity contribution in [3.63, 3.8) is 0 Å². The first kappa shape index (κ1) is 10.4. The van der Waals surface area contributed by atoms with Gasteiger partial charge in [-0.3, -0.25) is 0 Å². The van der Waals surface area contributed by atoms with Crippen LogP contribution in [-0.4, -0.2) is 22.9 Å². The van der Waals surface area contributed by atoms with Crippen molar-refractivity contribution in [1.29, 1.82) is 0 Å². The third-order valence-corrected chi connectivity index (χ3v) is 3.62. The highest BCUT2D eigenvalue weighted by Gasteiger charge is 2.18. The van der Waals surface area contributed by atoms with Crippen molar-refractivity contribution in [2.75, 3.05) is 18.0 Å². The SMILES string of the molecule is Brc1ccc(N2CCCC(Br)C2)nc1. The molecule has 0 saturated carbocycles. The van der Waals surface area contributed by atoms with Crippen LogP contribution in [0.4, 0.5) is 5.82 Å². The second-order valence-corrected chi connectivity index (χ2v) is 5.73. The molecule has 1 aliphatic rings. The van der Waals surface area contributed by atoms with Gasteiger partial charge in [0.25, 0.3) is 0 Å². The van der Waals surface area contributed by atoms with Gasteiger partial charge in [-0.05, 0) is 40.9 Å². The molecule has 0 spiro atoms. The van der Waals surface area contributed by atoms with E-state index in [1.54, 1.807) is 0 Å². The van der Waals surface area contributed by atoms with E-state index in [0.717, 1.165) is 23.4 Å². The van der Waals surface area contributed by atoms with Gasteiger partial charge < -0.3 is 4.90 Å². The van der Waals surface area contributed by atoms with Gasteiger partial charge in [0.05, 0.1) is 0 Å². The molecule has 0 aliphatic carbocycles. The number of anilines is 1. The van der Waals surface area contributed by atoms with Crippen molar-refractivity contribution in [1.82, 2.24) is 4.98 Å². The fourth-order valence-electron chi connectivity index (χ4n) is 1.69. The number of hydrogen-bond acceptors (Lipinski definition) is 2. The summed E-state index contributed by atoms with van der Waals surface area (Å²) in [5, 5.41) is 0. The molecular weight excluding hydrogens is 308 g/mol. The number of rotatable bonds is 1. The van der Waals surface area contributed by atoms with E-state index >= 15 is 0 Å². The number of piperidine rings is 1. The zero-order valence-electron chi connectivity index (χ0n) is 7.79. The van der Waals surface area contributed by atoms with Crippen molar-refractivity contribution in [2.45, 2.75) is 17.7 Å². The van der Waals surface area contributed by atoms with E-state index in [1.807, 2.05) is 12.3 Å². The largest absolute Gasteiger partial charge is 0.356 e. The van der Waals surface area contributed by atoms with Gasteiger partial charge in [-0.2, -0.15) is 0 Å². The Balaban J connectivity index is 2.10. The van der Waals surface area contributed by atoms with Crippen LogP contribution in [0.3, 0.4) is 0 Å². The smallest absolute Gasteiger partial charge is 0.128 e. The molecule has 2 rings (SSSR count). The number of pyridine rings is 1. The number of hydrogen-bond donors (Lipinski definition) is 0. The molecule has 1 atom stereocenters. The van der Waals surface area contributed by atoms with Gasteiger partial charge in [0.15, 0.2) is 0 Å². The zero-order valence-corrected chi connectivity index (χ0v) is 11.0. The fraction of sp³-hybridized carbons (Fsp3) is 0.500. The first-order valence-electron chi connectivity index (χ1n) is 4.76. The van der Waals surface area contributed by atoms with Gasteiger partial charge in [-0.15, -0.1) is 0 Å².